The van der Waals surface area contributed by atoms with Gasteiger partial charge in [0.2, 0.25) is 0 Å². The molecule has 0 atom stereocenters. The molecule has 84 valence electrons. The quantitative estimate of drug-likeness (QED) is 0.795. The molecule has 1 aliphatic carbocycles. The van der Waals surface area contributed by atoms with Crippen molar-refractivity contribution in [3.63, 3.8) is 0 Å². The van der Waals surface area contributed by atoms with Gasteiger partial charge in [0.05, 0.1) is 0 Å². The number of nitrogens with two attached hydrogens (primary N) is 1. The van der Waals surface area contributed by atoms with E-state index in [-0.39, 0.29) is 0 Å². The van der Waals surface area contributed by atoms with E-state index >= 15 is 0 Å². The lowest BCUT2D eigenvalue weighted by Gasteiger charge is -2.40. The Bertz CT molecular complexity index is 309. The molecule has 1 saturated carbocycles. The second kappa shape index (κ2) is 4.31. The molecule has 0 bridgehead atoms. The summed E-state index contributed by atoms with van der Waals surface area (Å²) in [5.41, 5.74) is 6.18. The van der Waals surface area contributed by atoms with E-state index in [4.69, 9.17) is 5.73 Å². The average Bonchev–Trinajstić information content (AvgIpc) is 2.60. The Balaban J connectivity index is 2.06. The third kappa shape index (κ3) is 2.04. The van der Waals surface area contributed by atoms with Crippen molar-refractivity contribution in [3.05, 3.63) is 12.2 Å². The fourth-order valence-corrected chi connectivity index (χ4v) is 2.31. The van der Waals surface area contributed by atoms with Crippen LogP contribution in [0.3, 0.4) is 0 Å². The topological polar surface area (TPSA) is 56.7 Å². The van der Waals surface area contributed by atoms with Crippen molar-refractivity contribution >= 4 is 0 Å². The van der Waals surface area contributed by atoms with Crippen molar-refractivity contribution in [2.24, 2.45) is 11.1 Å². The lowest BCUT2D eigenvalue weighted by atomic mass is 9.66. The van der Waals surface area contributed by atoms with Gasteiger partial charge in [-0.3, -0.25) is 0 Å². The monoisotopic (exact) mass is 208 g/mol. The molecule has 4 nitrogen and oxygen atoms in total. The highest BCUT2D eigenvalue weighted by Gasteiger charge is 2.36. The first-order valence-corrected chi connectivity index (χ1v) is 5.86. The first kappa shape index (κ1) is 10.6. The van der Waals surface area contributed by atoms with Crippen LogP contribution in [0.1, 0.15) is 38.4 Å². The Morgan fingerprint density at radius 1 is 1.53 bits per heavy atom. The van der Waals surface area contributed by atoms with Crippen molar-refractivity contribution in [2.45, 2.75) is 45.6 Å². The van der Waals surface area contributed by atoms with Gasteiger partial charge in [-0.2, -0.15) is 0 Å². The van der Waals surface area contributed by atoms with E-state index in [2.05, 4.69) is 21.7 Å². The molecular formula is C11H20N4. The molecule has 2 N–H and O–H groups in total. The normalized spacial score (nSPS) is 18.8. The van der Waals surface area contributed by atoms with Gasteiger partial charge in [0, 0.05) is 13.0 Å². The fraction of sp³-hybridized carbons (Fsp3) is 0.818. The van der Waals surface area contributed by atoms with Crippen LogP contribution in [0, 0.1) is 5.41 Å². The number of rotatable bonds is 5. The SMILES string of the molecule is CCCn1cnnc1CC1(CN)CCC1. The Labute approximate surface area is 90.9 Å². The van der Waals surface area contributed by atoms with Crippen LogP contribution in [-0.4, -0.2) is 21.3 Å². The van der Waals surface area contributed by atoms with Crippen LogP contribution in [0.2, 0.25) is 0 Å². The van der Waals surface area contributed by atoms with E-state index in [0.29, 0.717) is 5.41 Å². The third-order valence-electron chi connectivity index (χ3n) is 3.54. The summed E-state index contributed by atoms with van der Waals surface area (Å²) in [5, 5.41) is 8.20. The molecule has 15 heavy (non-hydrogen) atoms. The van der Waals surface area contributed by atoms with Gasteiger partial charge in [-0.25, -0.2) is 0 Å². The number of hydrogen-bond acceptors (Lipinski definition) is 3. The summed E-state index contributed by atoms with van der Waals surface area (Å²) in [6, 6.07) is 0. The molecule has 0 unspecified atom stereocenters. The third-order valence-corrected chi connectivity index (χ3v) is 3.54. The molecule has 0 aliphatic heterocycles. The number of hydrogen-bond donors (Lipinski definition) is 1. The van der Waals surface area contributed by atoms with Gasteiger partial charge in [0.1, 0.15) is 12.2 Å². The van der Waals surface area contributed by atoms with E-state index in [1.54, 1.807) is 0 Å². The van der Waals surface area contributed by atoms with Crippen molar-refractivity contribution in [1.82, 2.24) is 14.8 Å². The van der Waals surface area contributed by atoms with Crippen molar-refractivity contribution in [2.75, 3.05) is 6.54 Å². The minimum atomic E-state index is 0.332. The fourth-order valence-electron chi connectivity index (χ4n) is 2.31. The number of nitrogens with zero attached hydrogens (tertiary/aromatic N) is 3. The van der Waals surface area contributed by atoms with Gasteiger partial charge < -0.3 is 10.3 Å². The van der Waals surface area contributed by atoms with Crippen LogP contribution < -0.4 is 5.73 Å². The molecule has 0 amide bonds. The summed E-state index contributed by atoms with van der Waals surface area (Å²) in [5.74, 6) is 1.11. The molecule has 0 radical (unpaired) electrons. The average molecular weight is 208 g/mol. The van der Waals surface area contributed by atoms with Crippen molar-refractivity contribution in [1.29, 1.82) is 0 Å². The predicted molar refractivity (Wildman–Crippen MR) is 59.4 cm³/mol. The zero-order valence-electron chi connectivity index (χ0n) is 9.45. The van der Waals surface area contributed by atoms with Crippen LogP contribution >= 0.6 is 0 Å². The minimum absolute atomic E-state index is 0.332. The molecular weight excluding hydrogens is 188 g/mol. The van der Waals surface area contributed by atoms with Crippen LogP contribution in [-0.2, 0) is 13.0 Å². The van der Waals surface area contributed by atoms with Crippen LogP contribution in [0.25, 0.3) is 0 Å². The van der Waals surface area contributed by atoms with Gasteiger partial charge in [-0.05, 0) is 31.2 Å². The van der Waals surface area contributed by atoms with Gasteiger partial charge in [-0.15, -0.1) is 10.2 Å². The maximum Gasteiger partial charge on any atom is 0.133 e. The lowest BCUT2D eigenvalue weighted by molar-refractivity contribution is 0.139. The second-order valence-corrected chi connectivity index (χ2v) is 4.68. The van der Waals surface area contributed by atoms with E-state index < -0.39 is 0 Å². The molecule has 0 aromatic carbocycles. The van der Waals surface area contributed by atoms with Gasteiger partial charge in [0.25, 0.3) is 0 Å². The molecule has 1 aliphatic rings. The standard InChI is InChI=1S/C11H20N4/c1-2-6-15-9-13-14-10(15)7-11(8-12)4-3-5-11/h9H,2-8,12H2,1H3. The smallest absolute Gasteiger partial charge is 0.133 e. The molecule has 2 rings (SSSR count). The summed E-state index contributed by atoms with van der Waals surface area (Å²) in [6.07, 6.45) is 7.79. The van der Waals surface area contributed by atoms with Crippen LogP contribution in [0.15, 0.2) is 6.33 Å². The maximum absolute atomic E-state index is 5.85. The first-order valence-electron chi connectivity index (χ1n) is 5.86. The molecule has 4 heteroatoms. The van der Waals surface area contributed by atoms with Gasteiger partial charge >= 0.3 is 0 Å². The summed E-state index contributed by atoms with van der Waals surface area (Å²) in [7, 11) is 0. The van der Waals surface area contributed by atoms with E-state index in [0.717, 1.165) is 31.8 Å². The van der Waals surface area contributed by atoms with Gasteiger partial charge in [0.15, 0.2) is 0 Å². The number of aromatic nitrogens is 3. The number of aryl methyl sites for hydroxylation is 1. The second-order valence-electron chi connectivity index (χ2n) is 4.68. The first-order chi connectivity index (χ1) is 7.29. The van der Waals surface area contributed by atoms with Crippen molar-refractivity contribution < 1.29 is 0 Å². The van der Waals surface area contributed by atoms with Crippen LogP contribution in [0.4, 0.5) is 0 Å². The molecule has 0 spiro atoms. The summed E-state index contributed by atoms with van der Waals surface area (Å²) < 4.78 is 2.16. The highest BCUT2D eigenvalue weighted by molar-refractivity contribution is 4.99. The molecule has 1 fully saturated rings. The van der Waals surface area contributed by atoms with Gasteiger partial charge in [-0.1, -0.05) is 13.3 Å². The predicted octanol–water partition coefficient (Wildman–Crippen LogP) is 1.36. The Morgan fingerprint density at radius 3 is 2.87 bits per heavy atom. The largest absolute Gasteiger partial charge is 0.330 e. The zero-order valence-corrected chi connectivity index (χ0v) is 9.45. The Morgan fingerprint density at radius 2 is 2.33 bits per heavy atom. The van der Waals surface area contributed by atoms with Crippen molar-refractivity contribution in [3.8, 4) is 0 Å². The molecule has 1 heterocycles. The molecule has 1 aromatic heterocycles. The molecule has 0 saturated heterocycles. The van der Waals surface area contributed by atoms with E-state index in [1.165, 1.54) is 19.3 Å². The summed E-state index contributed by atoms with van der Waals surface area (Å²) in [4.78, 5) is 0. The highest BCUT2D eigenvalue weighted by Crippen LogP contribution is 2.42. The lowest BCUT2D eigenvalue weighted by Crippen LogP contribution is -2.39. The maximum atomic E-state index is 5.85. The Hall–Kier alpha value is -0.900. The zero-order chi connectivity index (χ0) is 10.7. The highest BCUT2D eigenvalue weighted by atomic mass is 15.3. The Kier molecular flexibility index (Phi) is 3.05. The summed E-state index contributed by atoms with van der Waals surface area (Å²) >= 11 is 0. The molecule has 1 aromatic rings. The van der Waals surface area contributed by atoms with E-state index in [9.17, 15) is 0 Å². The summed E-state index contributed by atoms with van der Waals surface area (Å²) in [6.45, 7) is 3.97. The minimum Gasteiger partial charge on any atom is -0.330 e. The van der Waals surface area contributed by atoms with Crippen LogP contribution in [0.5, 0.6) is 0 Å². The van der Waals surface area contributed by atoms with E-state index in [1.807, 2.05) is 6.33 Å².